The average Bonchev–Trinajstić information content (AvgIpc) is 3.18. The molecule has 0 bridgehead atoms. The normalized spacial score (nSPS) is 14.8. The number of aliphatic imine (C=N–C) groups is 1. The minimum absolute atomic E-state index is 0. The summed E-state index contributed by atoms with van der Waals surface area (Å²) in [5, 5.41) is 9.28. The van der Waals surface area contributed by atoms with Crippen molar-refractivity contribution in [3.63, 3.8) is 0 Å². The Labute approximate surface area is 189 Å². The van der Waals surface area contributed by atoms with E-state index < -0.39 is 0 Å². The van der Waals surface area contributed by atoms with E-state index in [2.05, 4.69) is 25.9 Å². The number of halogens is 1. The minimum Gasteiger partial charge on any atom is -0.444 e. The number of hydrogen-bond donors (Lipinski definition) is 3. The van der Waals surface area contributed by atoms with Crippen LogP contribution in [0.15, 0.2) is 39.9 Å². The van der Waals surface area contributed by atoms with Crippen molar-refractivity contribution in [2.75, 3.05) is 13.6 Å². The van der Waals surface area contributed by atoms with E-state index in [-0.39, 0.29) is 36.4 Å². The lowest BCUT2D eigenvalue weighted by atomic mass is 9.95. The Kier molecular flexibility index (Phi) is 9.43. The zero-order valence-corrected chi connectivity index (χ0v) is 19.4. The number of hydrogen-bond acceptors (Lipinski definition) is 4. The van der Waals surface area contributed by atoms with Gasteiger partial charge < -0.3 is 20.4 Å². The molecule has 1 aliphatic rings. The Morgan fingerprint density at radius 2 is 1.90 bits per heavy atom. The number of aryl methyl sites for hydroxylation is 1. The van der Waals surface area contributed by atoms with Crippen molar-refractivity contribution >= 4 is 35.8 Å². The third-order valence-electron chi connectivity index (χ3n) is 4.90. The molecule has 2 aromatic rings. The molecule has 0 saturated heterocycles. The molecule has 0 unspecified atom stereocenters. The van der Waals surface area contributed by atoms with Crippen LogP contribution in [0, 0.1) is 6.92 Å². The van der Waals surface area contributed by atoms with Gasteiger partial charge in [0.1, 0.15) is 6.26 Å². The van der Waals surface area contributed by atoms with E-state index in [0.717, 1.165) is 24.1 Å². The van der Waals surface area contributed by atoms with Crippen LogP contribution in [0.3, 0.4) is 0 Å². The highest BCUT2D eigenvalue weighted by molar-refractivity contribution is 14.0. The van der Waals surface area contributed by atoms with Gasteiger partial charge in [-0.2, -0.15) is 0 Å². The highest BCUT2D eigenvalue weighted by atomic mass is 127. The largest absolute Gasteiger partial charge is 0.444 e. The average molecular weight is 511 g/mol. The number of nitrogens with zero attached hydrogens (tertiary/aromatic N) is 2. The lowest BCUT2D eigenvalue weighted by molar-refractivity contribution is -0.120. The van der Waals surface area contributed by atoms with Crippen molar-refractivity contribution in [1.29, 1.82) is 0 Å². The molecule has 0 radical (unpaired) electrons. The SMILES string of the molecule is CN=C(NCC(=O)NC1CCCCC1)NCc1coc(-c2ccc(C)cc2)n1.I. The summed E-state index contributed by atoms with van der Waals surface area (Å²) in [5.41, 5.74) is 2.91. The molecule has 158 valence electrons. The molecule has 1 amide bonds. The van der Waals surface area contributed by atoms with Gasteiger partial charge in [-0.3, -0.25) is 9.79 Å². The number of carbonyl (C=O) groups is 1. The van der Waals surface area contributed by atoms with Crippen molar-refractivity contribution in [3.8, 4) is 11.5 Å². The molecule has 3 rings (SSSR count). The highest BCUT2D eigenvalue weighted by Gasteiger charge is 2.15. The number of rotatable bonds is 6. The number of carbonyl (C=O) groups excluding carboxylic acids is 1. The molecule has 0 spiro atoms. The molecule has 1 saturated carbocycles. The van der Waals surface area contributed by atoms with Gasteiger partial charge in [0.2, 0.25) is 11.8 Å². The first-order valence-electron chi connectivity index (χ1n) is 9.89. The number of oxazole rings is 1. The first-order valence-corrected chi connectivity index (χ1v) is 9.89. The summed E-state index contributed by atoms with van der Waals surface area (Å²) in [6.07, 6.45) is 7.45. The van der Waals surface area contributed by atoms with E-state index in [1.54, 1.807) is 13.3 Å². The maximum Gasteiger partial charge on any atom is 0.239 e. The fourth-order valence-corrected chi connectivity index (χ4v) is 3.30. The monoisotopic (exact) mass is 511 g/mol. The predicted octanol–water partition coefficient (Wildman–Crippen LogP) is 3.38. The van der Waals surface area contributed by atoms with Gasteiger partial charge in [-0.05, 0) is 31.9 Å². The Bertz CT molecular complexity index is 798. The predicted molar refractivity (Wildman–Crippen MR) is 125 cm³/mol. The van der Waals surface area contributed by atoms with E-state index >= 15 is 0 Å². The first-order chi connectivity index (χ1) is 13.6. The molecule has 1 heterocycles. The lowest BCUT2D eigenvalue weighted by Crippen LogP contribution is -2.45. The molecule has 1 fully saturated rings. The molecular formula is C21H30IN5O2. The highest BCUT2D eigenvalue weighted by Crippen LogP contribution is 2.19. The van der Waals surface area contributed by atoms with Crippen LogP contribution in [0.2, 0.25) is 0 Å². The number of amides is 1. The molecule has 1 aromatic heterocycles. The Morgan fingerprint density at radius 3 is 2.59 bits per heavy atom. The fraction of sp³-hybridized carbons (Fsp3) is 0.476. The summed E-state index contributed by atoms with van der Waals surface area (Å²) in [5.74, 6) is 1.14. The quantitative estimate of drug-likeness (QED) is 0.314. The van der Waals surface area contributed by atoms with Gasteiger partial charge in [-0.1, -0.05) is 37.0 Å². The van der Waals surface area contributed by atoms with Crippen LogP contribution >= 0.6 is 24.0 Å². The zero-order valence-electron chi connectivity index (χ0n) is 17.0. The molecule has 29 heavy (non-hydrogen) atoms. The second kappa shape index (κ2) is 11.8. The van der Waals surface area contributed by atoms with Gasteiger partial charge in [0.25, 0.3) is 0 Å². The number of guanidine groups is 1. The molecule has 8 heteroatoms. The molecule has 1 aliphatic carbocycles. The fourth-order valence-electron chi connectivity index (χ4n) is 3.30. The van der Waals surface area contributed by atoms with Gasteiger partial charge in [-0.25, -0.2) is 4.98 Å². The van der Waals surface area contributed by atoms with Gasteiger partial charge >= 0.3 is 0 Å². The van der Waals surface area contributed by atoms with Crippen molar-refractivity contribution in [1.82, 2.24) is 20.9 Å². The van der Waals surface area contributed by atoms with Crippen molar-refractivity contribution < 1.29 is 9.21 Å². The number of benzene rings is 1. The van der Waals surface area contributed by atoms with Crippen LogP contribution in [0.5, 0.6) is 0 Å². The third kappa shape index (κ3) is 7.34. The van der Waals surface area contributed by atoms with Crippen LogP contribution in [-0.4, -0.2) is 36.5 Å². The van der Waals surface area contributed by atoms with Crippen molar-refractivity contribution in [2.24, 2.45) is 4.99 Å². The maximum absolute atomic E-state index is 12.1. The summed E-state index contributed by atoms with van der Waals surface area (Å²) >= 11 is 0. The van der Waals surface area contributed by atoms with Crippen molar-refractivity contribution in [2.45, 2.75) is 51.6 Å². The van der Waals surface area contributed by atoms with Crippen LogP contribution in [0.4, 0.5) is 0 Å². The second-order valence-corrected chi connectivity index (χ2v) is 7.19. The topological polar surface area (TPSA) is 91.5 Å². The molecule has 0 atom stereocenters. The summed E-state index contributed by atoms with van der Waals surface area (Å²) in [4.78, 5) is 20.8. The Morgan fingerprint density at radius 1 is 1.17 bits per heavy atom. The van der Waals surface area contributed by atoms with Gasteiger partial charge in [0.05, 0.1) is 18.8 Å². The lowest BCUT2D eigenvalue weighted by Gasteiger charge is -2.23. The summed E-state index contributed by atoms with van der Waals surface area (Å²) in [6.45, 7) is 2.70. The molecular weight excluding hydrogens is 481 g/mol. The van der Waals surface area contributed by atoms with E-state index in [1.165, 1.54) is 24.8 Å². The first kappa shape index (κ1) is 23.2. The van der Waals surface area contributed by atoms with Gasteiger partial charge in [0.15, 0.2) is 5.96 Å². The van der Waals surface area contributed by atoms with Gasteiger partial charge in [-0.15, -0.1) is 24.0 Å². The van der Waals surface area contributed by atoms with Crippen LogP contribution in [0.25, 0.3) is 11.5 Å². The van der Waals surface area contributed by atoms with Crippen LogP contribution < -0.4 is 16.0 Å². The van der Waals surface area contributed by atoms with E-state index in [1.807, 2.05) is 31.2 Å². The van der Waals surface area contributed by atoms with Crippen LogP contribution in [0.1, 0.15) is 43.4 Å². The molecule has 3 N–H and O–H groups in total. The summed E-state index contributed by atoms with van der Waals surface area (Å²) in [7, 11) is 1.68. The maximum atomic E-state index is 12.1. The Hall–Kier alpha value is -2.10. The zero-order chi connectivity index (χ0) is 19.8. The molecule has 1 aromatic carbocycles. The summed E-state index contributed by atoms with van der Waals surface area (Å²) in [6, 6.07) is 8.35. The minimum atomic E-state index is -0.00190. The molecule has 7 nitrogen and oxygen atoms in total. The summed E-state index contributed by atoms with van der Waals surface area (Å²) < 4.78 is 5.56. The van der Waals surface area contributed by atoms with Crippen LogP contribution in [-0.2, 0) is 11.3 Å². The smallest absolute Gasteiger partial charge is 0.239 e. The number of nitrogens with one attached hydrogen (secondary N) is 3. The van der Waals surface area contributed by atoms with Crippen molar-refractivity contribution in [3.05, 3.63) is 41.8 Å². The van der Waals surface area contributed by atoms with E-state index in [0.29, 0.717) is 24.4 Å². The standard InChI is InChI=1S/C21H29N5O2.HI/c1-15-8-10-16(11-9-15)20-26-18(14-28-20)12-23-21(22-2)24-13-19(27)25-17-6-4-3-5-7-17;/h8-11,14,17H,3-7,12-13H2,1-2H3,(H,25,27)(H2,22,23,24);1H. The molecule has 0 aliphatic heterocycles. The van der Waals surface area contributed by atoms with Gasteiger partial charge in [0, 0.05) is 18.7 Å². The van der Waals surface area contributed by atoms with E-state index in [4.69, 9.17) is 4.42 Å². The third-order valence-corrected chi connectivity index (χ3v) is 4.90. The number of aromatic nitrogens is 1. The second-order valence-electron chi connectivity index (χ2n) is 7.19. The Balaban J connectivity index is 0.00000300. The van der Waals surface area contributed by atoms with E-state index in [9.17, 15) is 4.79 Å².